The summed E-state index contributed by atoms with van der Waals surface area (Å²) in [6.07, 6.45) is 1.92. The third kappa shape index (κ3) is 3.49. The van der Waals surface area contributed by atoms with Gasteiger partial charge in [0.15, 0.2) is 5.13 Å². The van der Waals surface area contributed by atoms with E-state index in [0.717, 1.165) is 29.1 Å². The first-order valence-corrected chi connectivity index (χ1v) is 11.5. The van der Waals surface area contributed by atoms with Crippen LogP contribution in [0, 0.1) is 5.82 Å². The summed E-state index contributed by atoms with van der Waals surface area (Å²) in [6.45, 7) is 0.298. The van der Waals surface area contributed by atoms with Crippen LogP contribution in [0.1, 0.15) is 19.3 Å². The minimum Gasteiger partial charge on any atom is -0.301 e. The Kier molecular flexibility index (Phi) is 4.97. The Morgan fingerprint density at radius 2 is 2.11 bits per heavy atom. The zero-order valence-electron chi connectivity index (χ0n) is 14.1. The van der Waals surface area contributed by atoms with E-state index in [2.05, 4.69) is 10.3 Å². The van der Waals surface area contributed by atoms with E-state index in [4.69, 9.17) is 0 Å². The molecule has 27 heavy (non-hydrogen) atoms. The van der Waals surface area contributed by atoms with Crippen LogP contribution in [-0.4, -0.2) is 36.2 Å². The van der Waals surface area contributed by atoms with E-state index in [1.54, 1.807) is 29.6 Å². The van der Waals surface area contributed by atoms with Crippen molar-refractivity contribution in [2.24, 2.45) is 0 Å². The lowest BCUT2D eigenvalue weighted by atomic mass is 10.0. The van der Waals surface area contributed by atoms with E-state index in [1.165, 1.54) is 10.4 Å². The Morgan fingerprint density at radius 3 is 2.85 bits per heavy atom. The van der Waals surface area contributed by atoms with Crippen molar-refractivity contribution < 1.29 is 17.6 Å². The fraction of sp³-hybridized carbons (Fsp3) is 0.294. The number of anilines is 1. The van der Waals surface area contributed by atoms with Gasteiger partial charge in [0.1, 0.15) is 21.6 Å². The number of amides is 1. The Bertz CT molecular complexity index is 1080. The fourth-order valence-electron chi connectivity index (χ4n) is 3.14. The zero-order valence-corrected chi connectivity index (χ0v) is 16.5. The third-order valence-corrected chi connectivity index (χ3v) is 8.63. The maximum atomic E-state index is 13.8. The van der Waals surface area contributed by atoms with Crippen LogP contribution >= 0.6 is 22.7 Å². The number of thiazole rings is 1. The van der Waals surface area contributed by atoms with Crippen LogP contribution in [0.3, 0.4) is 0 Å². The van der Waals surface area contributed by atoms with Crippen molar-refractivity contribution >= 4 is 54.0 Å². The molecule has 1 saturated heterocycles. The van der Waals surface area contributed by atoms with Crippen molar-refractivity contribution in [3.05, 3.63) is 41.5 Å². The van der Waals surface area contributed by atoms with Gasteiger partial charge in [-0.05, 0) is 36.4 Å². The average molecular weight is 426 g/mol. The zero-order chi connectivity index (χ0) is 19.0. The molecule has 1 N–H and O–H groups in total. The monoisotopic (exact) mass is 425 g/mol. The Labute approximate surface area is 163 Å². The lowest BCUT2D eigenvalue weighted by Gasteiger charge is -2.32. The quantitative estimate of drug-likeness (QED) is 0.692. The molecule has 1 aromatic carbocycles. The van der Waals surface area contributed by atoms with Crippen LogP contribution in [0.4, 0.5) is 9.52 Å². The van der Waals surface area contributed by atoms with Crippen LogP contribution in [0.25, 0.3) is 10.2 Å². The highest BCUT2D eigenvalue weighted by molar-refractivity contribution is 7.91. The van der Waals surface area contributed by atoms with Crippen molar-refractivity contribution in [2.75, 3.05) is 11.9 Å². The van der Waals surface area contributed by atoms with Gasteiger partial charge in [0.2, 0.25) is 5.91 Å². The van der Waals surface area contributed by atoms with Gasteiger partial charge in [0.05, 0.1) is 4.70 Å². The second-order valence-corrected chi connectivity index (χ2v) is 10.3. The van der Waals surface area contributed by atoms with Gasteiger partial charge < -0.3 is 5.32 Å². The molecule has 1 amide bonds. The number of nitrogens with one attached hydrogen (secondary N) is 1. The van der Waals surface area contributed by atoms with Gasteiger partial charge in [-0.1, -0.05) is 29.9 Å². The summed E-state index contributed by atoms with van der Waals surface area (Å²) in [5.41, 5.74) is 0.199. The highest BCUT2D eigenvalue weighted by Crippen LogP contribution is 2.31. The summed E-state index contributed by atoms with van der Waals surface area (Å²) in [7, 11) is -3.72. The highest BCUT2D eigenvalue weighted by atomic mass is 32.2. The van der Waals surface area contributed by atoms with Crippen LogP contribution in [0.2, 0.25) is 0 Å². The SMILES string of the molecule is O=C(Nc1nc2c(F)cccc2s1)[C@@H]1CCCCN1S(=O)(=O)c1cccs1. The largest absolute Gasteiger partial charge is 0.301 e. The number of para-hydroxylation sites is 1. The number of sulfonamides is 1. The number of piperidine rings is 1. The molecule has 0 unspecified atom stereocenters. The lowest BCUT2D eigenvalue weighted by molar-refractivity contribution is -0.120. The predicted molar refractivity (Wildman–Crippen MR) is 104 cm³/mol. The Balaban J connectivity index is 1.59. The summed E-state index contributed by atoms with van der Waals surface area (Å²) in [6, 6.07) is 7.02. The van der Waals surface area contributed by atoms with Gasteiger partial charge in [-0.15, -0.1) is 11.3 Å². The van der Waals surface area contributed by atoms with E-state index < -0.39 is 27.8 Å². The van der Waals surface area contributed by atoms with Gasteiger partial charge >= 0.3 is 0 Å². The topological polar surface area (TPSA) is 79.4 Å². The van der Waals surface area contributed by atoms with E-state index >= 15 is 0 Å². The summed E-state index contributed by atoms with van der Waals surface area (Å²) in [5, 5.41) is 4.63. The molecule has 0 saturated carbocycles. The number of fused-ring (bicyclic) bond motifs is 1. The summed E-state index contributed by atoms with van der Waals surface area (Å²) in [5.74, 6) is -0.891. The number of thiophene rings is 1. The molecule has 1 aliphatic heterocycles. The van der Waals surface area contributed by atoms with Crippen molar-refractivity contribution in [2.45, 2.75) is 29.5 Å². The summed E-state index contributed by atoms with van der Waals surface area (Å²) in [4.78, 5) is 16.9. The molecule has 4 rings (SSSR count). The van der Waals surface area contributed by atoms with Crippen LogP contribution < -0.4 is 5.32 Å². The van der Waals surface area contributed by atoms with Crippen LogP contribution in [-0.2, 0) is 14.8 Å². The standard InChI is InChI=1S/C17H16FN3O3S3/c18-11-5-3-7-13-15(11)19-17(26-13)20-16(22)12-6-1-2-9-21(12)27(23,24)14-8-4-10-25-14/h3-5,7-8,10,12H,1-2,6,9H2,(H,19,20,22)/t12-/m0/s1. The second-order valence-electron chi connectivity index (χ2n) is 6.15. The summed E-state index contributed by atoms with van der Waals surface area (Å²) < 4.78 is 41.7. The molecule has 0 bridgehead atoms. The maximum Gasteiger partial charge on any atom is 0.253 e. The van der Waals surface area contributed by atoms with Crippen molar-refractivity contribution in [1.82, 2.24) is 9.29 Å². The second kappa shape index (κ2) is 7.27. The number of aromatic nitrogens is 1. The number of benzene rings is 1. The highest BCUT2D eigenvalue weighted by Gasteiger charge is 2.38. The number of hydrogen-bond donors (Lipinski definition) is 1. The molecular weight excluding hydrogens is 409 g/mol. The van der Waals surface area contributed by atoms with Gasteiger partial charge in [0.25, 0.3) is 10.0 Å². The van der Waals surface area contributed by atoms with Crippen LogP contribution in [0.15, 0.2) is 39.9 Å². The van der Waals surface area contributed by atoms with E-state index in [0.29, 0.717) is 24.1 Å². The molecule has 3 heterocycles. The molecule has 10 heteroatoms. The van der Waals surface area contributed by atoms with Gasteiger partial charge in [-0.2, -0.15) is 4.31 Å². The molecule has 0 aliphatic carbocycles. The van der Waals surface area contributed by atoms with Gasteiger partial charge in [-0.3, -0.25) is 4.79 Å². The molecule has 1 atom stereocenters. The molecule has 0 spiro atoms. The minimum atomic E-state index is -3.72. The van der Waals surface area contributed by atoms with E-state index in [1.807, 2.05) is 0 Å². The number of hydrogen-bond acceptors (Lipinski definition) is 6. The molecular formula is C17H16FN3O3S3. The first-order chi connectivity index (χ1) is 13.0. The number of nitrogens with zero attached hydrogens (tertiary/aromatic N) is 2. The summed E-state index contributed by atoms with van der Waals surface area (Å²) >= 11 is 2.29. The number of carbonyl (C=O) groups is 1. The number of carbonyl (C=O) groups excluding carboxylic acids is 1. The van der Waals surface area contributed by atoms with Crippen molar-refractivity contribution in [3.63, 3.8) is 0 Å². The smallest absolute Gasteiger partial charge is 0.253 e. The predicted octanol–water partition coefficient (Wildman–Crippen LogP) is 3.68. The minimum absolute atomic E-state index is 0.199. The first-order valence-electron chi connectivity index (χ1n) is 8.38. The number of halogens is 1. The Hall–Kier alpha value is -1.88. The molecule has 6 nitrogen and oxygen atoms in total. The van der Waals surface area contributed by atoms with E-state index in [9.17, 15) is 17.6 Å². The fourth-order valence-corrected chi connectivity index (χ4v) is 6.80. The lowest BCUT2D eigenvalue weighted by Crippen LogP contribution is -2.49. The molecule has 142 valence electrons. The number of rotatable bonds is 4. The van der Waals surface area contributed by atoms with Crippen molar-refractivity contribution in [1.29, 1.82) is 0 Å². The normalized spacial score (nSPS) is 18.6. The van der Waals surface area contributed by atoms with Gasteiger partial charge in [-0.25, -0.2) is 17.8 Å². The molecule has 1 aliphatic rings. The molecule has 0 radical (unpaired) electrons. The molecule has 2 aromatic heterocycles. The first kappa shape index (κ1) is 18.5. The van der Waals surface area contributed by atoms with Gasteiger partial charge in [0, 0.05) is 6.54 Å². The molecule has 1 fully saturated rings. The maximum absolute atomic E-state index is 13.8. The Morgan fingerprint density at radius 1 is 1.26 bits per heavy atom. The van der Waals surface area contributed by atoms with Crippen LogP contribution in [0.5, 0.6) is 0 Å². The van der Waals surface area contributed by atoms with Crippen molar-refractivity contribution in [3.8, 4) is 0 Å². The molecule has 3 aromatic rings. The van der Waals surface area contributed by atoms with E-state index in [-0.39, 0.29) is 14.9 Å². The third-order valence-electron chi connectivity index (χ3n) is 4.41. The average Bonchev–Trinajstić information content (AvgIpc) is 3.32.